The molecule has 3 nitrogen and oxygen atoms in total. The molecule has 0 amide bonds. The van der Waals surface area contributed by atoms with Gasteiger partial charge in [0.1, 0.15) is 0 Å². The predicted octanol–water partition coefficient (Wildman–Crippen LogP) is 2.73. The summed E-state index contributed by atoms with van der Waals surface area (Å²) in [7, 11) is -3.58. The van der Waals surface area contributed by atoms with Gasteiger partial charge in [0.2, 0.25) is 9.84 Å². The lowest BCUT2D eigenvalue weighted by atomic mass is 10.2. The van der Waals surface area contributed by atoms with Gasteiger partial charge in [-0.3, -0.25) is 0 Å². The zero-order chi connectivity index (χ0) is 13.9. The van der Waals surface area contributed by atoms with Crippen molar-refractivity contribution in [3.63, 3.8) is 0 Å². The summed E-state index contributed by atoms with van der Waals surface area (Å²) in [5, 5.41) is 0. The molecule has 0 aromatic heterocycles. The number of benzene rings is 2. The van der Waals surface area contributed by atoms with Crippen molar-refractivity contribution in [2.75, 3.05) is 0 Å². The summed E-state index contributed by atoms with van der Waals surface area (Å²) in [4.78, 5) is 0.371. The molecule has 0 saturated carbocycles. The van der Waals surface area contributed by atoms with E-state index >= 15 is 0 Å². The molecule has 2 aromatic carbocycles. The Morgan fingerprint density at radius 2 is 1.58 bits per heavy atom. The molecule has 19 heavy (non-hydrogen) atoms. The second kappa shape index (κ2) is 5.28. The highest BCUT2D eigenvalue weighted by molar-refractivity contribution is 8.00. The van der Waals surface area contributed by atoms with Crippen molar-refractivity contribution in [1.82, 2.24) is 0 Å². The van der Waals surface area contributed by atoms with Crippen LogP contribution in [0.2, 0.25) is 0 Å². The molecule has 0 atom stereocenters. The van der Waals surface area contributed by atoms with Gasteiger partial charge in [-0.05, 0) is 24.6 Å². The number of hydrogen-bond donors (Lipinski definition) is 1. The van der Waals surface area contributed by atoms with Crippen molar-refractivity contribution < 1.29 is 8.42 Å². The number of rotatable bonds is 3. The summed E-state index contributed by atoms with van der Waals surface area (Å²) < 4.78 is 25.1. The summed E-state index contributed by atoms with van der Waals surface area (Å²) in [5.74, 6) is 0. The maximum atomic E-state index is 12.5. The Morgan fingerprint density at radius 3 is 2.11 bits per heavy atom. The second-order valence-corrected chi connectivity index (χ2v) is 6.13. The first-order valence-electron chi connectivity index (χ1n) is 5.85. The van der Waals surface area contributed by atoms with Crippen LogP contribution < -0.4 is 5.73 Å². The molecule has 0 spiro atoms. The van der Waals surface area contributed by atoms with E-state index in [0.29, 0.717) is 5.56 Å². The highest BCUT2D eigenvalue weighted by Crippen LogP contribution is 2.27. The van der Waals surface area contributed by atoms with Crippen molar-refractivity contribution in [3.8, 4) is 0 Å². The molecule has 2 aromatic rings. The van der Waals surface area contributed by atoms with Crippen molar-refractivity contribution in [2.45, 2.75) is 11.8 Å². The molecular weight excluding hydrogens is 258 g/mol. The molecule has 0 saturated heterocycles. The first-order chi connectivity index (χ1) is 9.05. The van der Waals surface area contributed by atoms with Crippen LogP contribution in [-0.4, -0.2) is 8.42 Å². The van der Waals surface area contributed by atoms with Crippen LogP contribution in [0.4, 0.5) is 0 Å². The largest absolute Gasteiger partial charge is 0.404 e. The molecule has 2 N–H and O–H groups in total. The summed E-state index contributed by atoms with van der Waals surface area (Å²) in [6, 6.07) is 15.6. The molecule has 0 heterocycles. The summed E-state index contributed by atoms with van der Waals surface area (Å²) in [5.41, 5.74) is 7.12. The van der Waals surface area contributed by atoms with Crippen LogP contribution in [0.1, 0.15) is 11.1 Å². The summed E-state index contributed by atoms with van der Waals surface area (Å²) in [6.07, 6.45) is 1.14. The van der Waals surface area contributed by atoms with Crippen LogP contribution in [0, 0.1) is 6.92 Å². The van der Waals surface area contributed by atoms with Gasteiger partial charge in [0, 0.05) is 6.20 Å². The average Bonchev–Trinajstić information content (AvgIpc) is 2.41. The molecule has 0 aliphatic heterocycles. The van der Waals surface area contributed by atoms with E-state index in [1.165, 1.54) is 0 Å². The average molecular weight is 273 g/mol. The van der Waals surface area contributed by atoms with E-state index in [1.807, 2.05) is 13.0 Å². The van der Waals surface area contributed by atoms with Crippen LogP contribution in [0.3, 0.4) is 0 Å². The van der Waals surface area contributed by atoms with Crippen LogP contribution in [-0.2, 0) is 9.84 Å². The number of aryl methyl sites for hydroxylation is 1. The topological polar surface area (TPSA) is 60.2 Å². The number of hydrogen-bond acceptors (Lipinski definition) is 3. The third-order valence-electron chi connectivity index (χ3n) is 2.83. The molecule has 4 heteroatoms. The van der Waals surface area contributed by atoms with Gasteiger partial charge in [-0.1, -0.05) is 48.0 Å². The summed E-state index contributed by atoms with van der Waals surface area (Å²) in [6.45, 7) is 1.91. The fraction of sp³-hybridized carbons (Fsp3) is 0.0667. The van der Waals surface area contributed by atoms with Crippen LogP contribution in [0.5, 0.6) is 0 Å². The Kier molecular flexibility index (Phi) is 3.71. The van der Waals surface area contributed by atoms with Gasteiger partial charge in [-0.2, -0.15) is 0 Å². The van der Waals surface area contributed by atoms with E-state index in [1.54, 1.807) is 48.5 Å². The van der Waals surface area contributed by atoms with Gasteiger partial charge in [-0.25, -0.2) is 8.42 Å². The third kappa shape index (κ3) is 2.69. The Balaban J connectivity index is 2.52. The quantitative estimate of drug-likeness (QED) is 0.935. The van der Waals surface area contributed by atoms with E-state index in [9.17, 15) is 8.42 Å². The van der Waals surface area contributed by atoms with E-state index in [0.717, 1.165) is 11.8 Å². The Hall–Kier alpha value is -2.07. The number of nitrogens with two attached hydrogens (primary N) is 1. The molecule has 0 aliphatic rings. The molecular formula is C15H15NO2S. The van der Waals surface area contributed by atoms with Crippen molar-refractivity contribution in [3.05, 3.63) is 71.9 Å². The monoisotopic (exact) mass is 273 g/mol. The summed E-state index contributed by atoms with van der Waals surface area (Å²) >= 11 is 0. The number of sulfone groups is 1. The van der Waals surface area contributed by atoms with Crippen molar-refractivity contribution in [1.29, 1.82) is 0 Å². The van der Waals surface area contributed by atoms with Crippen LogP contribution >= 0.6 is 0 Å². The lowest BCUT2D eigenvalue weighted by Gasteiger charge is -2.09. The Labute approximate surface area is 113 Å². The van der Waals surface area contributed by atoms with Gasteiger partial charge in [0.25, 0.3) is 0 Å². The van der Waals surface area contributed by atoms with E-state index < -0.39 is 9.84 Å². The lowest BCUT2D eigenvalue weighted by Crippen LogP contribution is -2.06. The molecule has 2 rings (SSSR count). The van der Waals surface area contributed by atoms with Gasteiger partial charge in [-0.15, -0.1) is 0 Å². The highest BCUT2D eigenvalue weighted by Gasteiger charge is 2.21. The van der Waals surface area contributed by atoms with Gasteiger partial charge in [0.15, 0.2) is 0 Å². The third-order valence-corrected chi connectivity index (χ3v) is 4.67. The second-order valence-electron chi connectivity index (χ2n) is 4.21. The van der Waals surface area contributed by atoms with E-state index in [2.05, 4.69) is 0 Å². The standard InChI is InChI=1S/C15H15NO2S/c1-12-7-9-14(10-8-12)19(17,18)15(11-16)13-5-3-2-4-6-13/h2-11H,16H2,1H3. The van der Waals surface area contributed by atoms with Crippen molar-refractivity contribution in [2.24, 2.45) is 5.73 Å². The van der Waals surface area contributed by atoms with Gasteiger partial charge >= 0.3 is 0 Å². The molecule has 0 aliphatic carbocycles. The minimum Gasteiger partial charge on any atom is -0.404 e. The fourth-order valence-corrected chi connectivity index (χ4v) is 3.16. The first-order valence-corrected chi connectivity index (χ1v) is 7.33. The lowest BCUT2D eigenvalue weighted by molar-refractivity contribution is 0.606. The predicted molar refractivity (Wildman–Crippen MR) is 77.0 cm³/mol. The maximum absolute atomic E-state index is 12.5. The van der Waals surface area contributed by atoms with Gasteiger partial charge < -0.3 is 5.73 Å². The van der Waals surface area contributed by atoms with E-state index in [-0.39, 0.29) is 9.80 Å². The Bertz CT molecular complexity index is 687. The molecule has 0 radical (unpaired) electrons. The Morgan fingerprint density at radius 1 is 1.00 bits per heavy atom. The van der Waals surface area contributed by atoms with Crippen LogP contribution in [0.25, 0.3) is 4.91 Å². The van der Waals surface area contributed by atoms with Gasteiger partial charge in [0.05, 0.1) is 9.80 Å². The maximum Gasteiger partial charge on any atom is 0.208 e. The normalized spacial score (nSPS) is 12.4. The molecule has 98 valence electrons. The van der Waals surface area contributed by atoms with E-state index in [4.69, 9.17) is 5.73 Å². The smallest absolute Gasteiger partial charge is 0.208 e. The fourth-order valence-electron chi connectivity index (χ4n) is 1.79. The minimum absolute atomic E-state index is 0.122. The molecule has 0 bridgehead atoms. The zero-order valence-corrected chi connectivity index (χ0v) is 11.4. The first kappa shape index (κ1) is 13.4. The zero-order valence-electron chi connectivity index (χ0n) is 10.6. The highest BCUT2D eigenvalue weighted by atomic mass is 32.2. The van der Waals surface area contributed by atoms with Crippen LogP contribution in [0.15, 0.2) is 65.7 Å². The molecule has 0 fully saturated rings. The van der Waals surface area contributed by atoms with Crippen molar-refractivity contribution >= 4 is 14.7 Å². The minimum atomic E-state index is -3.58. The SMILES string of the molecule is Cc1ccc(S(=O)(=O)C(=CN)c2ccccc2)cc1. The molecule has 0 unspecified atom stereocenters.